The normalized spacial score (nSPS) is 13.5. The predicted octanol–water partition coefficient (Wildman–Crippen LogP) is 4.21. The Morgan fingerprint density at radius 2 is 1.82 bits per heavy atom. The summed E-state index contributed by atoms with van der Waals surface area (Å²) >= 11 is 5.17. The average Bonchev–Trinajstić information content (AvgIpc) is 2.76. The largest absolute Gasteiger partial charge is 0.487 e. The smallest absolute Gasteiger partial charge is 0.407 e. The van der Waals surface area contributed by atoms with Gasteiger partial charge in [0.1, 0.15) is 18.0 Å². The molecule has 0 bridgehead atoms. The van der Waals surface area contributed by atoms with Crippen LogP contribution in [0, 0.1) is 5.92 Å². The Balaban J connectivity index is 0.00000529. The topological polar surface area (TPSA) is 106 Å². The second-order valence-corrected chi connectivity index (χ2v) is 10.3. The first-order valence-electron chi connectivity index (χ1n) is 11.6. The van der Waals surface area contributed by atoms with Crippen LogP contribution in [0.1, 0.15) is 47.1 Å². The summed E-state index contributed by atoms with van der Waals surface area (Å²) in [6, 6.07) is 7.08. The van der Waals surface area contributed by atoms with Crippen LogP contribution in [0.3, 0.4) is 0 Å². The Kier molecular flexibility index (Phi) is 17.0. The molecule has 0 fully saturated rings. The quantitative estimate of drug-likeness (QED) is 0.251. The number of thioether (sulfide) groups is 1. The van der Waals surface area contributed by atoms with Crippen LogP contribution in [-0.2, 0) is 11.2 Å². The number of hydrogen-bond donors (Lipinski definition) is 5. The summed E-state index contributed by atoms with van der Waals surface area (Å²) in [4.78, 5) is 12.3. The number of thiol groups is 1. The van der Waals surface area contributed by atoms with E-state index < -0.39 is 23.8 Å². The van der Waals surface area contributed by atoms with Gasteiger partial charge >= 0.3 is 6.09 Å². The SMILES string of the molecule is CCS/C=C(\N)COc1ccc(CC(NC(=O)OC(C)(C)C)C(O)CNCC(C)C)cc1.CS. The van der Waals surface area contributed by atoms with Crippen molar-refractivity contribution in [1.82, 2.24) is 10.6 Å². The zero-order valence-electron chi connectivity index (χ0n) is 21.8. The molecule has 0 aliphatic carbocycles. The van der Waals surface area contributed by atoms with E-state index in [4.69, 9.17) is 15.2 Å². The van der Waals surface area contributed by atoms with Crippen LogP contribution < -0.4 is 21.1 Å². The molecule has 1 rings (SSSR count). The van der Waals surface area contributed by atoms with E-state index in [0.717, 1.165) is 17.9 Å². The Bertz CT molecular complexity index is 707. The third-order valence-corrected chi connectivity index (χ3v) is 5.06. The summed E-state index contributed by atoms with van der Waals surface area (Å²) in [7, 11) is 0. The Labute approximate surface area is 216 Å². The van der Waals surface area contributed by atoms with Gasteiger partial charge < -0.3 is 30.9 Å². The average molecular weight is 516 g/mol. The van der Waals surface area contributed by atoms with E-state index in [1.165, 1.54) is 0 Å². The number of rotatable bonds is 13. The molecule has 0 saturated carbocycles. The van der Waals surface area contributed by atoms with Crippen molar-refractivity contribution in [3.63, 3.8) is 0 Å². The first-order valence-corrected chi connectivity index (χ1v) is 13.5. The van der Waals surface area contributed by atoms with E-state index in [9.17, 15) is 9.90 Å². The lowest BCUT2D eigenvalue weighted by molar-refractivity contribution is 0.0422. The molecule has 7 nitrogen and oxygen atoms in total. The minimum absolute atomic E-state index is 0.329. The number of carbonyl (C=O) groups excluding carboxylic acids is 1. The number of aliphatic hydroxyl groups excluding tert-OH is 1. The zero-order valence-corrected chi connectivity index (χ0v) is 23.5. The molecular weight excluding hydrogens is 470 g/mol. The fourth-order valence-corrected chi connectivity index (χ4v) is 3.22. The van der Waals surface area contributed by atoms with E-state index in [2.05, 4.69) is 44.0 Å². The Morgan fingerprint density at radius 3 is 2.35 bits per heavy atom. The molecule has 1 aromatic carbocycles. The van der Waals surface area contributed by atoms with Gasteiger partial charge in [0.25, 0.3) is 0 Å². The summed E-state index contributed by atoms with van der Waals surface area (Å²) in [5.41, 5.74) is 6.95. The van der Waals surface area contributed by atoms with Crippen molar-refractivity contribution < 1.29 is 19.4 Å². The molecule has 0 aromatic heterocycles. The molecule has 0 aliphatic rings. The summed E-state index contributed by atoms with van der Waals surface area (Å²) in [6.45, 7) is 13.2. The van der Waals surface area contributed by atoms with Crippen molar-refractivity contribution >= 4 is 30.5 Å². The monoisotopic (exact) mass is 515 g/mol. The first-order chi connectivity index (χ1) is 16.0. The molecule has 5 N–H and O–H groups in total. The van der Waals surface area contributed by atoms with Gasteiger partial charge in [-0.05, 0) is 74.8 Å². The number of nitrogens with one attached hydrogen (secondary N) is 2. The zero-order chi connectivity index (χ0) is 26.1. The van der Waals surface area contributed by atoms with E-state index in [1.54, 1.807) is 18.0 Å². The highest BCUT2D eigenvalue weighted by molar-refractivity contribution is 8.02. The number of ether oxygens (including phenoxy) is 2. The molecule has 1 amide bonds. The van der Waals surface area contributed by atoms with Crippen molar-refractivity contribution in [3.05, 3.63) is 40.9 Å². The van der Waals surface area contributed by atoms with Crippen molar-refractivity contribution in [3.8, 4) is 5.75 Å². The molecule has 0 aliphatic heterocycles. The van der Waals surface area contributed by atoms with Gasteiger partial charge in [-0.3, -0.25) is 0 Å². The lowest BCUT2D eigenvalue weighted by Crippen LogP contribution is -2.50. The summed E-state index contributed by atoms with van der Waals surface area (Å²) in [5.74, 6) is 2.14. The molecule has 0 heterocycles. The molecule has 0 radical (unpaired) electrons. The van der Waals surface area contributed by atoms with Crippen molar-refractivity contribution in [2.45, 2.75) is 65.7 Å². The van der Waals surface area contributed by atoms with E-state index in [-0.39, 0.29) is 0 Å². The van der Waals surface area contributed by atoms with E-state index in [0.29, 0.717) is 36.9 Å². The summed E-state index contributed by atoms with van der Waals surface area (Å²) < 4.78 is 11.1. The fourth-order valence-electron chi connectivity index (χ4n) is 2.77. The number of nitrogens with two attached hydrogens (primary N) is 1. The second kappa shape index (κ2) is 17.8. The molecular formula is C25H45N3O4S2. The highest BCUT2D eigenvalue weighted by atomic mass is 32.2. The number of hydrogen-bond acceptors (Lipinski definition) is 8. The van der Waals surface area contributed by atoms with Gasteiger partial charge in [0.05, 0.1) is 17.8 Å². The van der Waals surface area contributed by atoms with E-state index >= 15 is 0 Å². The third kappa shape index (κ3) is 16.1. The highest BCUT2D eigenvalue weighted by Crippen LogP contribution is 2.16. The maximum Gasteiger partial charge on any atom is 0.407 e. The van der Waals surface area contributed by atoms with Crippen LogP contribution in [0.15, 0.2) is 35.4 Å². The van der Waals surface area contributed by atoms with Crippen LogP contribution >= 0.6 is 24.4 Å². The van der Waals surface area contributed by atoms with Gasteiger partial charge in [-0.2, -0.15) is 12.6 Å². The lowest BCUT2D eigenvalue weighted by atomic mass is 10.0. The summed E-state index contributed by atoms with van der Waals surface area (Å²) in [6.07, 6.45) is 0.843. The van der Waals surface area contributed by atoms with Gasteiger partial charge in [-0.15, -0.1) is 11.8 Å². The van der Waals surface area contributed by atoms with Crippen LogP contribution in [0.4, 0.5) is 4.79 Å². The van der Waals surface area contributed by atoms with E-state index in [1.807, 2.05) is 50.4 Å². The molecule has 9 heteroatoms. The van der Waals surface area contributed by atoms with Crippen LogP contribution in [0.2, 0.25) is 0 Å². The van der Waals surface area contributed by atoms with Crippen molar-refractivity contribution in [2.24, 2.45) is 11.7 Å². The number of alkyl carbamates (subject to hydrolysis) is 1. The molecule has 196 valence electrons. The molecule has 34 heavy (non-hydrogen) atoms. The van der Waals surface area contributed by atoms with Gasteiger partial charge in [-0.25, -0.2) is 4.79 Å². The predicted molar refractivity (Wildman–Crippen MR) is 148 cm³/mol. The van der Waals surface area contributed by atoms with Gasteiger partial charge in [0, 0.05) is 6.54 Å². The van der Waals surface area contributed by atoms with Crippen molar-refractivity contribution in [2.75, 3.05) is 31.7 Å². The fraction of sp³-hybridized carbons (Fsp3) is 0.640. The van der Waals surface area contributed by atoms with Gasteiger partial charge in [-0.1, -0.05) is 32.9 Å². The van der Waals surface area contributed by atoms with Crippen LogP contribution in [0.5, 0.6) is 5.75 Å². The first kappa shape index (κ1) is 32.5. The molecule has 1 aromatic rings. The number of amides is 1. The molecule has 2 atom stereocenters. The summed E-state index contributed by atoms with van der Waals surface area (Å²) in [5, 5.41) is 18.7. The number of carbonyl (C=O) groups is 1. The van der Waals surface area contributed by atoms with Gasteiger partial charge in [0.2, 0.25) is 0 Å². The standard InChI is InChI=1S/C24H41N3O4S.CH4S/c1-7-32-16-19(25)15-30-20-10-8-18(9-11-20)12-21(22(28)14-26-13-17(2)3)27-23(29)31-24(4,5)6;1-2/h8-11,16-17,21-22,26,28H,7,12-15,25H2,1-6H3,(H,27,29);2H,1H3/b19-16-;. The second-order valence-electron chi connectivity index (χ2n) is 9.16. The van der Waals surface area contributed by atoms with Crippen LogP contribution in [0.25, 0.3) is 0 Å². The minimum Gasteiger partial charge on any atom is -0.487 e. The van der Waals surface area contributed by atoms with Crippen molar-refractivity contribution in [1.29, 1.82) is 0 Å². The Hall–Kier alpha value is -1.55. The number of benzene rings is 1. The highest BCUT2D eigenvalue weighted by Gasteiger charge is 2.25. The third-order valence-electron chi connectivity index (χ3n) is 4.26. The molecule has 0 spiro atoms. The van der Waals surface area contributed by atoms with Crippen LogP contribution in [-0.4, -0.2) is 60.7 Å². The van der Waals surface area contributed by atoms with Gasteiger partial charge in [0.15, 0.2) is 0 Å². The maximum absolute atomic E-state index is 12.3. The maximum atomic E-state index is 12.3. The molecule has 0 saturated heterocycles. The number of aliphatic hydroxyl groups is 1. The minimum atomic E-state index is -0.766. The Morgan fingerprint density at radius 1 is 1.21 bits per heavy atom. The molecule has 2 unspecified atom stereocenters. The lowest BCUT2D eigenvalue weighted by Gasteiger charge is -2.27.